The zero-order chi connectivity index (χ0) is 20.3. The molecule has 0 aliphatic carbocycles. The van der Waals surface area contributed by atoms with Crippen LogP contribution in [0.1, 0.15) is 20.7 Å². The van der Waals surface area contributed by atoms with E-state index in [1.165, 1.54) is 19.2 Å². The summed E-state index contributed by atoms with van der Waals surface area (Å²) in [7, 11) is 1.17. The number of benzene rings is 1. The molecule has 2 heterocycles. The minimum atomic E-state index is -0.741. The van der Waals surface area contributed by atoms with E-state index in [4.69, 9.17) is 11.6 Å². The molecular formula is C18H17ClN4O5. The summed E-state index contributed by atoms with van der Waals surface area (Å²) in [6.07, 6.45) is 0. The van der Waals surface area contributed by atoms with Crippen LogP contribution in [0, 0.1) is 10.1 Å². The molecule has 1 aromatic heterocycles. The number of esters is 1. The molecule has 28 heavy (non-hydrogen) atoms. The molecule has 1 saturated heterocycles. The predicted octanol–water partition coefficient (Wildman–Crippen LogP) is 2.39. The molecule has 9 nitrogen and oxygen atoms in total. The number of nitro benzene ring substituents is 1. The first-order valence-corrected chi connectivity index (χ1v) is 8.81. The second-order valence-corrected chi connectivity index (χ2v) is 6.50. The van der Waals surface area contributed by atoms with Crippen LogP contribution in [0.4, 0.5) is 11.5 Å². The highest BCUT2D eigenvalue weighted by Gasteiger charge is 2.25. The molecule has 1 aliphatic heterocycles. The molecule has 0 unspecified atom stereocenters. The first kappa shape index (κ1) is 19.6. The van der Waals surface area contributed by atoms with Gasteiger partial charge in [-0.25, -0.2) is 9.78 Å². The maximum atomic E-state index is 12.8. The molecule has 1 aromatic carbocycles. The molecule has 0 saturated carbocycles. The highest BCUT2D eigenvalue weighted by molar-refractivity contribution is 6.29. The molecule has 1 amide bonds. The number of halogens is 1. The third-order valence-corrected chi connectivity index (χ3v) is 4.60. The fourth-order valence-electron chi connectivity index (χ4n) is 2.97. The number of piperazine rings is 1. The number of hydrogen-bond donors (Lipinski definition) is 0. The Kier molecular flexibility index (Phi) is 5.74. The Labute approximate surface area is 165 Å². The quantitative estimate of drug-likeness (QED) is 0.333. The first-order chi connectivity index (χ1) is 13.4. The first-order valence-electron chi connectivity index (χ1n) is 8.43. The molecular weight excluding hydrogens is 388 g/mol. The number of non-ortho nitro benzene ring substituents is 1. The fourth-order valence-corrected chi connectivity index (χ4v) is 3.13. The third-order valence-electron chi connectivity index (χ3n) is 4.39. The van der Waals surface area contributed by atoms with Crippen LogP contribution in [0.5, 0.6) is 0 Å². The minimum absolute atomic E-state index is 0.0400. The maximum Gasteiger partial charge on any atom is 0.338 e. The minimum Gasteiger partial charge on any atom is -0.465 e. The Balaban J connectivity index is 1.77. The number of rotatable bonds is 4. The Morgan fingerprint density at radius 3 is 2.43 bits per heavy atom. The zero-order valence-electron chi connectivity index (χ0n) is 15.0. The lowest BCUT2D eigenvalue weighted by Gasteiger charge is -2.35. The standard InChI is InChI=1S/C18H17ClN4O5/c1-28-18(25)13-9-12(10-14(11-13)23(26)27)17(24)22-7-5-21(6-8-22)16-4-2-3-15(19)20-16/h2-4,9-11H,5-8H2,1H3. The average Bonchev–Trinajstić information content (AvgIpc) is 2.72. The number of carbonyl (C=O) groups excluding carboxylic acids is 2. The van der Waals surface area contributed by atoms with Gasteiger partial charge in [-0.3, -0.25) is 14.9 Å². The summed E-state index contributed by atoms with van der Waals surface area (Å²) in [5, 5.41) is 11.5. The van der Waals surface area contributed by atoms with E-state index in [2.05, 4.69) is 9.72 Å². The topological polar surface area (TPSA) is 106 Å². The van der Waals surface area contributed by atoms with E-state index in [-0.39, 0.29) is 22.7 Å². The molecule has 0 bridgehead atoms. The number of carbonyl (C=O) groups is 2. The number of amides is 1. The molecule has 0 atom stereocenters. The van der Waals surface area contributed by atoms with Crippen LogP contribution in [0.2, 0.25) is 5.15 Å². The van der Waals surface area contributed by atoms with Crippen LogP contribution >= 0.6 is 11.6 Å². The lowest BCUT2D eigenvalue weighted by molar-refractivity contribution is -0.384. The van der Waals surface area contributed by atoms with Crippen molar-refractivity contribution in [3.63, 3.8) is 0 Å². The highest BCUT2D eigenvalue weighted by Crippen LogP contribution is 2.21. The summed E-state index contributed by atoms with van der Waals surface area (Å²) < 4.78 is 4.61. The number of aromatic nitrogens is 1. The highest BCUT2D eigenvalue weighted by atomic mass is 35.5. The molecule has 0 radical (unpaired) electrons. The van der Waals surface area contributed by atoms with Gasteiger partial charge in [-0.2, -0.15) is 0 Å². The van der Waals surface area contributed by atoms with Crippen LogP contribution in [0.25, 0.3) is 0 Å². The SMILES string of the molecule is COC(=O)c1cc(C(=O)N2CCN(c3cccc(Cl)n3)CC2)cc([N+](=O)[O-])c1. The van der Waals surface area contributed by atoms with Crippen LogP contribution < -0.4 is 4.90 Å². The van der Waals surface area contributed by atoms with Crippen molar-refractivity contribution in [1.82, 2.24) is 9.88 Å². The van der Waals surface area contributed by atoms with E-state index in [9.17, 15) is 19.7 Å². The smallest absolute Gasteiger partial charge is 0.338 e. The second-order valence-electron chi connectivity index (χ2n) is 6.12. The molecule has 3 rings (SSSR count). The number of anilines is 1. The molecule has 0 N–H and O–H groups in total. The Bertz CT molecular complexity index is 928. The second kappa shape index (κ2) is 8.22. The van der Waals surface area contributed by atoms with E-state index in [0.717, 1.165) is 11.9 Å². The number of nitro groups is 1. The molecule has 2 aromatic rings. The van der Waals surface area contributed by atoms with Crippen molar-refractivity contribution in [2.45, 2.75) is 0 Å². The summed E-state index contributed by atoms with van der Waals surface area (Å²) >= 11 is 5.92. The van der Waals surface area contributed by atoms with Gasteiger partial charge < -0.3 is 14.5 Å². The zero-order valence-corrected chi connectivity index (χ0v) is 15.8. The Hall–Kier alpha value is -3.20. The van der Waals surface area contributed by atoms with Gasteiger partial charge in [-0.15, -0.1) is 0 Å². The molecule has 1 aliphatic rings. The number of pyridine rings is 1. The van der Waals surface area contributed by atoms with Crippen LogP contribution in [-0.2, 0) is 4.74 Å². The molecule has 1 fully saturated rings. The summed E-state index contributed by atoms with van der Waals surface area (Å²) in [6.45, 7) is 1.89. The summed E-state index contributed by atoms with van der Waals surface area (Å²) in [4.78, 5) is 42.9. The summed E-state index contributed by atoms with van der Waals surface area (Å²) in [5.74, 6) is -0.398. The van der Waals surface area contributed by atoms with E-state index in [1.54, 1.807) is 17.0 Å². The van der Waals surface area contributed by atoms with Crippen molar-refractivity contribution >= 4 is 35.0 Å². The van der Waals surface area contributed by atoms with Gasteiger partial charge in [0.25, 0.3) is 11.6 Å². The van der Waals surface area contributed by atoms with E-state index in [1.807, 2.05) is 11.0 Å². The van der Waals surface area contributed by atoms with Gasteiger partial charge >= 0.3 is 5.97 Å². The van der Waals surface area contributed by atoms with E-state index < -0.39 is 10.9 Å². The number of hydrogen-bond acceptors (Lipinski definition) is 7. The third kappa shape index (κ3) is 4.20. The van der Waals surface area contributed by atoms with Crippen molar-refractivity contribution in [3.8, 4) is 0 Å². The van der Waals surface area contributed by atoms with Gasteiger partial charge in [0.15, 0.2) is 0 Å². The van der Waals surface area contributed by atoms with Crippen molar-refractivity contribution in [2.24, 2.45) is 0 Å². The predicted molar refractivity (Wildman–Crippen MR) is 102 cm³/mol. The van der Waals surface area contributed by atoms with E-state index in [0.29, 0.717) is 31.3 Å². The molecule has 10 heteroatoms. The average molecular weight is 405 g/mol. The van der Waals surface area contributed by atoms with Crippen LogP contribution in [0.15, 0.2) is 36.4 Å². The lowest BCUT2D eigenvalue weighted by atomic mass is 10.1. The van der Waals surface area contributed by atoms with Crippen LogP contribution in [-0.4, -0.2) is 60.0 Å². The maximum absolute atomic E-state index is 12.8. The van der Waals surface area contributed by atoms with Crippen molar-refractivity contribution < 1.29 is 19.2 Å². The van der Waals surface area contributed by atoms with Gasteiger partial charge in [-0.1, -0.05) is 17.7 Å². The van der Waals surface area contributed by atoms with Crippen molar-refractivity contribution in [1.29, 1.82) is 0 Å². The monoisotopic (exact) mass is 404 g/mol. The number of ether oxygens (including phenoxy) is 1. The Morgan fingerprint density at radius 1 is 1.14 bits per heavy atom. The summed E-state index contributed by atoms with van der Waals surface area (Å²) in [5.41, 5.74) is -0.307. The normalized spacial score (nSPS) is 13.9. The van der Waals surface area contributed by atoms with Gasteiger partial charge in [0.1, 0.15) is 11.0 Å². The summed E-state index contributed by atoms with van der Waals surface area (Å²) in [6, 6.07) is 8.90. The lowest BCUT2D eigenvalue weighted by Crippen LogP contribution is -2.49. The molecule has 0 spiro atoms. The van der Waals surface area contributed by atoms with E-state index >= 15 is 0 Å². The van der Waals surface area contributed by atoms with Gasteiger partial charge in [0.2, 0.25) is 0 Å². The molecule has 146 valence electrons. The van der Waals surface area contributed by atoms with Gasteiger partial charge in [-0.05, 0) is 18.2 Å². The number of methoxy groups -OCH3 is 1. The van der Waals surface area contributed by atoms with Gasteiger partial charge in [0.05, 0.1) is 17.6 Å². The Morgan fingerprint density at radius 2 is 1.82 bits per heavy atom. The largest absolute Gasteiger partial charge is 0.465 e. The van der Waals surface area contributed by atoms with Crippen molar-refractivity contribution in [3.05, 3.63) is 62.8 Å². The van der Waals surface area contributed by atoms with Gasteiger partial charge in [0, 0.05) is 43.9 Å². The fraction of sp³-hybridized carbons (Fsp3) is 0.278. The van der Waals surface area contributed by atoms with Crippen LogP contribution in [0.3, 0.4) is 0 Å². The number of nitrogens with zero attached hydrogens (tertiary/aromatic N) is 4. The van der Waals surface area contributed by atoms with Crippen molar-refractivity contribution in [2.75, 3.05) is 38.2 Å².